The number of aldehydes is 1. The second kappa shape index (κ2) is 13.2. The molecule has 2 aromatic rings. The highest BCUT2D eigenvalue weighted by atomic mass is 16.7. The summed E-state index contributed by atoms with van der Waals surface area (Å²) in [5.74, 6) is 0. The summed E-state index contributed by atoms with van der Waals surface area (Å²) < 4.78 is 16.3. The van der Waals surface area contributed by atoms with Gasteiger partial charge in [0.05, 0.1) is 25.4 Å². The molecule has 0 fully saturated rings. The first-order chi connectivity index (χ1) is 13.8. The first kappa shape index (κ1) is 22.2. The third-order valence-corrected chi connectivity index (χ3v) is 4.60. The monoisotopic (exact) mass is 385 g/mol. The van der Waals surface area contributed by atoms with Crippen LogP contribution in [0.3, 0.4) is 0 Å². The van der Waals surface area contributed by atoms with Crippen molar-refractivity contribution in [3.05, 3.63) is 71.8 Å². The van der Waals surface area contributed by atoms with Crippen LogP contribution in [0.4, 0.5) is 0 Å². The Morgan fingerprint density at radius 3 is 1.96 bits per heavy atom. The predicted molar refractivity (Wildman–Crippen MR) is 110 cm³/mol. The SMILES string of the molecule is CC[C@@H](OCOCCOC)[C@H](C=O)N(Cc1ccccc1)Cc1ccccc1. The van der Waals surface area contributed by atoms with Crippen molar-refractivity contribution < 1.29 is 19.0 Å². The molecule has 0 heterocycles. The second-order valence-electron chi connectivity index (χ2n) is 6.64. The fourth-order valence-corrected chi connectivity index (χ4v) is 3.11. The molecule has 0 radical (unpaired) electrons. The van der Waals surface area contributed by atoms with Gasteiger partial charge in [0.15, 0.2) is 0 Å². The number of rotatable bonds is 14. The maximum Gasteiger partial charge on any atom is 0.147 e. The Hall–Kier alpha value is -2.05. The molecule has 0 aliphatic carbocycles. The molecule has 0 aliphatic rings. The van der Waals surface area contributed by atoms with Crippen LogP contribution in [0.2, 0.25) is 0 Å². The minimum absolute atomic E-state index is 0.150. The van der Waals surface area contributed by atoms with Crippen molar-refractivity contribution in [1.82, 2.24) is 4.90 Å². The molecule has 0 saturated carbocycles. The number of benzene rings is 2. The van der Waals surface area contributed by atoms with Crippen LogP contribution < -0.4 is 0 Å². The summed E-state index contributed by atoms with van der Waals surface area (Å²) in [5.41, 5.74) is 2.33. The van der Waals surface area contributed by atoms with Gasteiger partial charge in [-0.05, 0) is 17.5 Å². The summed E-state index contributed by atoms with van der Waals surface area (Å²) in [6.07, 6.45) is 1.47. The molecule has 0 unspecified atom stereocenters. The molecule has 0 bridgehead atoms. The lowest BCUT2D eigenvalue weighted by molar-refractivity contribution is -0.136. The van der Waals surface area contributed by atoms with Gasteiger partial charge in [0.1, 0.15) is 13.1 Å². The van der Waals surface area contributed by atoms with Gasteiger partial charge in [-0.25, -0.2) is 0 Å². The summed E-state index contributed by atoms with van der Waals surface area (Å²) >= 11 is 0. The van der Waals surface area contributed by atoms with Crippen molar-refractivity contribution in [2.75, 3.05) is 27.1 Å². The number of carbonyl (C=O) groups excluding carboxylic acids is 1. The minimum Gasteiger partial charge on any atom is -0.382 e. The Morgan fingerprint density at radius 1 is 0.929 bits per heavy atom. The molecule has 2 aromatic carbocycles. The van der Waals surface area contributed by atoms with Crippen LogP contribution in [-0.2, 0) is 32.1 Å². The minimum atomic E-state index is -0.364. The lowest BCUT2D eigenvalue weighted by Crippen LogP contribution is -2.45. The lowest BCUT2D eigenvalue weighted by Gasteiger charge is -2.33. The molecule has 0 aliphatic heterocycles. The van der Waals surface area contributed by atoms with E-state index in [0.29, 0.717) is 26.3 Å². The van der Waals surface area contributed by atoms with E-state index >= 15 is 0 Å². The molecule has 0 spiro atoms. The Kier molecular flexibility index (Phi) is 10.5. The summed E-state index contributed by atoms with van der Waals surface area (Å²) in [4.78, 5) is 14.2. The zero-order valence-corrected chi connectivity index (χ0v) is 16.8. The third-order valence-electron chi connectivity index (χ3n) is 4.60. The highest BCUT2D eigenvalue weighted by Gasteiger charge is 2.27. The van der Waals surface area contributed by atoms with Crippen LogP contribution in [0.5, 0.6) is 0 Å². The number of methoxy groups -OCH3 is 1. The molecule has 0 amide bonds. The molecule has 2 rings (SSSR count). The van der Waals surface area contributed by atoms with Gasteiger partial charge in [-0.1, -0.05) is 67.6 Å². The molecule has 28 heavy (non-hydrogen) atoms. The van der Waals surface area contributed by atoms with Crippen LogP contribution in [-0.4, -0.2) is 50.4 Å². The van der Waals surface area contributed by atoms with Gasteiger partial charge in [0.2, 0.25) is 0 Å². The molecule has 0 saturated heterocycles. The topological polar surface area (TPSA) is 48.0 Å². The van der Waals surface area contributed by atoms with Crippen LogP contribution in [0.15, 0.2) is 60.7 Å². The van der Waals surface area contributed by atoms with E-state index < -0.39 is 0 Å². The van der Waals surface area contributed by atoms with E-state index in [0.717, 1.165) is 23.8 Å². The van der Waals surface area contributed by atoms with Gasteiger partial charge in [-0.3, -0.25) is 4.90 Å². The smallest absolute Gasteiger partial charge is 0.147 e. The zero-order valence-electron chi connectivity index (χ0n) is 16.8. The maximum atomic E-state index is 12.1. The van der Waals surface area contributed by atoms with Crippen molar-refractivity contribution in [2.24, 2.45) is 0 Å². The van der Waals surface area contributed by atoms with Gasteiger partial charge in [-0.2, -0.15) is 0 Å². The normalized spacial score (nSPS) is 13.4. The highest BCUT2D eigenvalue weighted by molar-refractivity contribution is 5.58. The number of hydrogen-bond acceptors (Lipinski definition) is 5. The van der Waals surface area contributed by atoms with E-state index in [9.17, 15) is 4.79 Å². The van der Waals surface area contributed by atoms with Gasteiger partial charge >= 0.3 is 0 Å². The molecule has 5 nitrogen and oxygen atoms in total. The first-order valence-electron chi connectivity index (χ1n) is 9.74. The second-order valence-corrected chi connectivity index (χ2v) is 6.64. The maximum absolute atomic E-state index is 12.1. The van der Waals surface area contributed by atoms with E-state index in [-0.39, 0.29) is 18.9 Å². The molecule has 5 heteroatoms. The number of nitrogens with zero attached hydrogens (tertiary/aromatic N) is 1. The van der Waals surface area contributed by atoms with Gasteiger partial charge in [0.25, 0.3) is 0 Å². The zero-order chi connectivity index (χ0) is 20.0. The Morgan fingerprint density at radius 2 is 1.50 bits per heavy atom. The number of hydrogen-bond donors (Lipinski definition) is 0. The largest absolute Gasteiger partial charge is 0.382 e. The van der Waals surface area contributed by atoms with Crippen molar-refractivity contribution in [3.63, 3.8) is 0 Å². The van der Waals surface area contributed by atoms with Crippen molar-refractivity contribution in [2.45, 2.75) is 38.6 Å². The Bertz CT molecular complexity index is 609. The van der Waals surface area contributed by atoms with Gasteiger partial charge in [-0.15, -0.1) is 0 Å². The van der Waals surface area contributed by atoms with Crippen LogP contribution in [0.1, 0.15) is 24.5 Å². The van der Waals surface area contributed by atoms with Gasteiger partial charge < -0.3 is 19.0 Å². The van der Waals surface area contributed by atoms with Crippen molar-refractivity contribution in [1.29, 1.82) is 0 Å². The van der Waals surface area contributed by atoms with Crippen LogP contribution in [0.25, 0.3) is 0 Å². The van der Waals surface area contributed by atoms with Crippen LogP contribution >= 0.6 is 0 Å². The van der Waals surface area contributed by atoms with Crippen LogP contribution in [0, 0.1) is 0 Å². The fourth-order valence-electron chi connectivity index (χ4n) is 3.11. The van der Waals surface area contributed by atoms with Crippen molar-refractivity contribution >= 4 is 6.29 Å². The Labute approximate surface area is 168 Å². The van der Waals surface area contributed by atoms with Gasteiger partial charge in [0, 0.05) is 20.2 Å². The molecule has 152 valence electrons. The van der Waals surface area contributed by atoms with E-state index in [2.05, 4.69) is 29.2 Å². The Balaban J connectivity index is 2.10. The predicted octanol–water partition coefficient (Wildman–Crippen LogP) is 3.67. The lowest BCUT2D eigenvalue weighted by atomic mass is 10.0. The summed E-state index contributed by atoms with van der Waals surface area (Å²) in [5, 5.41) is 0. The molecular weight excluding hydrogens is 354 g/mol. The summed E-state index contributed by atoms with van der Waals surface area (Å²) in [7, 11) is 1.63. The fraction of sp³-hybridized carbons (Fsp3) is 0.435. The summed E-state index contributed by atoms with van der Waals surface area (Å²) in [6.45, 7) is 4.51. The molecular formula is C23H31NO4. The third kappa shape index (κ3) is 7.52. The van der Waals surface area contributed by atoms with Crippen molar-refractivity contribution in [3.8, 4) is 0 Å². The number of ether oxygens (including phenoxy) is 3. The average molecular weight is 386 g/mol. The molecule has 0 aromatic heterocycles. The first-order valence-corrected chi connectivity index (χ1v) is 9.74. The van der Waals surface area contributed by atoms with E-state index in [4.69, 9.17) is 14.2 Å². The van der Waals surface area contributed by atoms with E-state index in [1.165, 1.54) is 0 Å². The summed E-state index contributed by atoms with van der Waals surface area (Å²) in [6, 6.07) is 20.0. The number of carbonyl (C=O) groups is 1. The van der Waals surface area contributed by atoms with E-state index in [1.807, 2.05) is 43.3 Å². The average Bonchev–Trinajstić information content (AvgIpc) is 2.74. The highest BCUT2D eigenvalue weighted by Crippen LogP contribution is 2.18. The standard InChI is InChI=1S/C23H31NO4/c1-3-23(28-19-27-15-14-26-2)22(18-25)24(16-20-10-6-4-7-11-20)17-21-12-8-5-9-13-21/h4-13,18,22-23H,3,14-17,19H2,1-2H3/t22-,23+/m0/s1. The van der Waals surface area contributed by atoms with E-state index in [1.54, 1.807) is 7.11 Å². The molecule has 0 N–H and O–H groups in total. The molecule has 2 atom stereocenters. The quantitative estimate of drug-likeness (QED) is 0.282.